The lowest BCUT2D eigenvalue weighted by Gasteiger charge is -2.24. The number of benzene rings is 1. The number of ether oxygens (including phenoxy) is 1. The third-order valence-corrected chi connectivity index (χ3v) is 5.62. The first kappa shape index (κ1) is 20.1. The van der Waals surface area contributed by atoms with Crippen LogP contribution in [0.5, 0.6) is 5.75 Å². The highest BCUT2D eigenvalue weighted by Crippen LogP contribution is 2.41. The minimum atomic E-state index is -0.649. The molecule has 1 amide bonds. The second kappa shape index (κ2) is 8.58. The molecule has 2 aromatic rings. The summed E-state index contributed by atoms with van der Waals surface area (Å²) < 4.78 is 5.21. The van der Waals surface area contributed by atoms with Crippen LogP contribution in [0.2, 0.25) is 0 Å². The Morgan fingerprint density at radius 3 is 2.68 bits per heavy atom. The molecule has 0 bridgehead atoms. The maximum Gasteiger partial charge on any atom is 0.295 e. The van der Waals surface area contributed by atoms with Crippen LogP contribution in [0.4, 0.5) is 0 Å². The number of carbonyl (C=O) groups is 2. The predicted molar refractivity (Wildman–Crippen MR) is 109 cm³/mol. The highest BCUT2D eigenvalue weighted by Gasteiger charge is 2.46. The van der Waals surface area contributed by atoms with Crippen LogP contribution in [0.25, 0.3) is 5.76 Å². The highest BCUT2D eigenvalue weighted by molar-refractivity contribution is 7.10. The summed E-state index contributed by atoms with van der Waals surface area (Å²) in [5.41, 5.74) is 0.581. The van der Waals surface area contributed by atoms with Crippen LogP contribution in [-0.2, 0) is 9.59 Å². The molecule has 1 saturated heterocycles. The normalized spacial score (nSPS) is 18.9. The Labute approximate surface area is 168 Å². The van der Waals surface area contributed by atoms with Crippen molar-refractivity contribution in [2.24, 2.45) is 0 Å². The van der Waals surface area contributed by atoms with Gasteiger partial charge in [0, 0.05) is 17.0 Å². The summed E-state index contributed by atoms with van der Waals surface area (Å²) >= 11 is 1.47. The molecule has 0 spiro atoms. The molecule has 6 nitrogen and oxygen atoms in total. The van der Waals surface area contributed by atoms with Crippen LogP contribution in [0.1, 0.15) is 22.9 Å². The summed E-state index contributed by atoms with van der Waals surface area (Å²) in [6, 6.07) is 10.0. The molecule has 0 unspecified atom stereocenters. The van der Waals surface area contributed by atoms with E-state index in [1.165, 1.54) is 18.4 Å². The van der Waals surface area contributed by atoms with Crippen LogP contribution >= 0.6 is 11.3 Å². The van der Waals surface area contributed by atoms with Gasteiger partial charge in [0.1, 0.15) is 11.5 Å². The van der Waals surface area contributed by atoms with Crippen molar-refractivity contribution < 1.29 is 19.4 Å². The average molecular weight is 400 g/mol. The van der Waals surface area contributed by atoms with E-state index in [0.29, 0.717) is 17.9 Å². The van der Waals surface area contributed by atoms with E-state index in [0.717, 1.165) is 17.8 Å². The lowest BCUT2D eigenvalue weighted by Crippen LogP contribution is -2.32. The molecular formula is C21H24N2O4S. The van der Waals surface area contributed by atoms with E-state index in [9.17, 15) is 14.7 Å². The molecule has 28 heavy (non-hydrogen) atoms. The van der Waals surface area contributed by atoms with E-state index in [-0.39, 0.29) is 11.3 Å². The van der Waals surface area contributed by atoms with Gasteiger partial charge in [-0.15, -0.1) is 11.3 Å². The number of aliphatic hydroxyl groups excluding tert-OH is 1. The second-order valence-corrected chi connectivity index (χ2v) is 7.88. The number of nitrogens with zero attached hydrogens (tertiary/aromatic N) is 2. The van der Waals surface area contributed by atoms with Crippen LogP contribution in [0.15, 0.2) is 47.4 Å². The molecule has 2 heterocycles. The van der Waals surface area contributed by atoms with Gasteiger partial charge >= 0.3 is 0 Å². The number of aliphatic hydroxyl groups is 1. The number of methoxy groups -OCH3 is 1. The lowest BCUT2D eigenvalue weighted by atomic mass is 9.99. The molecule has 1 aromatic heterocycles. The van der Waals surface area contributed by atoms with E-state index >= 15 is 0 Å². The van der Waals surface area contributed by atoms with Gasteiger partial charge in [0.2, 0.25) is 0 Å². The minimum Gasteiger partial charge on any atom is -0.507 e. The van der Waals surface area contributed by atoms with Gasteiger partial charge in [0.25, 0.3) is 11.7 Å². The van der Waals surface area contributed by atoms with Crippen LogP contribution in [-0.4, -0.2) is 60.9 Å². The SMILES string of the molecule is COc1cccc(C(O)=C2C(=O)C(=O)N(CCCN(C)C)[C@H]2c2cccs2)c1. The van der Waals surface area contributed by atoms with Gasteiger partial charge in [-0.05, 0) is 50.6 Å². The standard InChI is InChI=1S/C21H24N2O4S/c1-22(2)10-6-11-23-18(16-9-5-12-28-16)17(20(25)21(23)26)19(24)14-7-4-8-15(13-14)27-3/h4-5,7-9,12-13,18,24H,6,10-11H2,1-3H3/t18-/m0/s1. The van der Waals surface area contributed by atoms with Gasteiger partial charge in [-0.1, -0.05) is 18.2 Å². The fourth-order valence-electron chi connectivity index (χ4n) is 3.34. The smallest absolute Gasteiger partial charge is 0.295 e. The molecule has 7 heteroatoms. The minimum absolute atomic E-state index is 0.130. The molecule has 1 N–H and O–H groups in total. The van der Waals surface area contributed by atoms with Crippen LogP contribution in [0.3, 0.4) is 0 Å². The fourth-order valence-corrected chi connectivity index (χ4v) is 4.18. The van der Waals surface area contributed by atoms with Gasteiger partial charge in [0.15, 0.2) is 0 Å². The number of amides is 1. The second-order valence-electron chi connectivity index (χ2n) is 6.90. The predicted octanol–water partition coefficient (Wildman–Crippen LogP) is 3.13. The number of thiophene rings is 1. The summed E-state index contributed by atoms with van der Waals surface area (Å²) in [6.45, 7) is 1.25. The van der Waals surface area contributed by atoms with E-state index in [4.69, 9.17) is 4.74 Å². The number of hydrogen-bond donors (Lipinski definition) is 1. The number of likely N-dealkylation sites (tertiary alicyclic amines) is 1. The van der Waals surface area contributed by atoms with Gasteiger partial charge in [-0.2, -0.15) is 0 Å². The van der Waals surface area contributed by atoms with E-state index in [1.54, 1.807) is 29.2 Å². The Balaban J connectivity index is 2.04. The molecule has 1 atom stereocenters. The molecule has 1 aliphatic heterocycles. The first-order valence-electron chi connectivity index (χ1n) is 9.05. The molecular weight excluding hydrogens is 376 g/mol. The number of carbonyl (C=O) groups excluding carboxylic acids is 2. The summed E-state index contributed by atoms with van der Waals surface area (Å²) in [7, 11) is 5.47. The Kier molecular flexibility index (Phi) is 6.16. The molecule has 0 radical (unpaired) electrons. The average Bonchev–Trinajstić information content (AvgIpc) is 3.29. The van der Waals surface area contributed by atoms with Gasteiger partial charge < -0.3 is 19.6 Å². The zero-order valence-corrected chi connectivity index (χ0v) is 17.0. The molecule has 148 valence electrons. The van der Waals surface area contributed by atoms with Gasteiger partial charge in [-0.25, -0.2) is 0 Å². The quantitative estimate of drug-likeness (QED) is 0.439. The van der Waals surface area contributed by atoms with Crippen molar-refractivity contribution in [1.82, 2.24) is 9.80 Å². The van der Waals surface area contributed by atoms with E-state index in [2.05, 4.69) is 0 Å². The Bertz CT molecular complexity index is 890. The van der Waals surface area contributed by atoms with Crippen molar-refractivity contribution >= 4 is 28.8 Å². The fraction of sp³-hybridized carbons (Fsp3) is 0.333. The summed E-state index contributed by atoms with van der Waals surface area (Å²) in [6.07, 6.45) is 0.737. The Morgan fingerprint density at radius 1 is 1.25 bits per heavy atom. The largest absolute Gasteiger partial charge is 0.507 e. The van der Waals surface area contributed by atoms with Crippen molar-refractivity contribution in [3.05, 3.63) is 57.8 Å². The van der Waals surface area contributed by atoms with Crippen molar-refractivity contribution in [1.29, 1.82) is 0 Å². The van der Waals surface area contributed by atoms with Crippen molar-refractivity contribution in [3.63, 3.8) is 0 Å². The maximum atomic E-state index is 12.8. The number of Topliss-reactive ketones (excluding diaryl/α,β-unsaturated/α-hetero) is 1. The van der Waals surface area contributed by atoms with Crippen molar-refractivity contribution in [2.45, 2.75) is 12.5 Å². The topological polar surface area (TPSA) is 70.1 Å². The van der Waals surface area contributed by atoms with Crippen LogP contribution < -0.4 is 4.74 Å². The zero-order chi connectivity index (χ0) is 20.3. The van der Waals surface area contributed by atoms with Crippen molar-refractivity contribution in [3.8, 4) is 5.75 Å². The Morgan fingerprint density at radius 2 is 2.04 bits per heavy atom. The van der Waals surface area contributed by atoms with E-state index in [1.807, 2.05) is 36.5 Å². The third-order valence-electron chi connectivity index (χ3n) is 4.70. The van der Waals surface area contributed by atoms with E-state index < -0.39 is 17.7 Å². The maximum absolute atomic E-state index is 12.8. The number of ketones is 1. The third kappa shape index (κ3) is 3.95. The first-order valence-corrected chi connectivity index (χ1v) is 9.93. The highest BCUT2D eigenvalue weighted by atomic mass is 32.1. The molecule has 1 aliphatic rings. The summed E-state index contributed by atoms with van der Waals surface area (Å²) in [5, 5.41) is 12.9. The summed E-state index contributed by atoms with van der Waals surface area (Å²) in [5.74, 6) is -0.826. The first-order chi connectivity index (χ1) is 13.4. The zero-order valence-electron chi connectivity index (χ0n) is 16.2. The number of rotatable bonds is 7. The summed E-state index contributed by atoms with van der Waals surface area (Å²) in [4.78, 5) is 30.1. The lowest BCUT2D eigenvalue weighted by molar-refractivity contribution is -0.139. The molecule has 1 fully saturated rings. The van der Waals surface area contributed by atoms with Gasteiger partial charge in [-0.3, -0.25) is 9.59 Å². The van der Waals surface area contributed by atoms with Crippen molar-refractivity contribution in [2.75, 3.05) is 34.3 Å². The molecule has 3 rings (SSSR count). The monoisotopic (exact) mass is 400 g/mol. The molecule has 1 aromatic carbocycles. The molecule has 0 saturated carbocycles. The number of hydrogen-bond acceptors (Lipinski definition) is 6. The Hall–Kier alpha value is -2.64. The van der Waals surface area contributed by atoms with Crippen LogP contribution in [0, 0.1) is 0 Å². The molecule has 0 aliphatic carbocycles. The van der Waals surface area contributed by atoms with Gasteiger partial charge in [0.05, 0.1) is 18.7 Å².